The smallest absolute Gasteiger partial charge is 0.303 e. The van der Waals surface area contributed by atoms with Gasteiger partial charge in [0.1, 0.15) is 0 Å². The molecular formula is C22H18F3N3O2. The van der Waals surface area contributed by atoms with Crippen LogP contribution in [0.4, 0.5) is 18.9 Å². The number of para-hydroxylation sites is 1. The quantitative estimate of drug-likeness (QED) is 0.583. The van der Waals surface area contributed by atoms with Gasteiger partial charge in [-0.05, 0) is 37.3 Å². The average Bonchev–Trinajstić information content (AvgIpc) is 2.72. The number of aryl methyl sites for hydroxylation is 1. The molecule has 0 aliphatic carbocycles. The molecule has 5 nitrogen and oxygen atoms in total. The summed E-state index contributed by atoms with van der Waals surface area (Å²) < 4.78 is 40.4. The summed E-state index contributed by atoms with van der Waals surface area (Å²) in [6.07, 6.45) is -3.03. The average molecular weight is 413 g/mol. The van der Waals surface area contributed by atoms with Crippen molar-refractivity contribution in [3.05, 3.63) is 100 Å². The van der Waals surface area contributed by atoms with Crippen molar-refractivity contribution in [3.8, 4) is 5.69 Å². The molecule has 0 N–H and O–H groups in total. The van der Waals surface area contributed by atoms with E-state index in [1.165, 1.54) is 36.1 Å². The molecule has 0 radical (unpaired) electrons. The Morgan fingerprint density at radius 3 is 2.47 bits per heavy atom. The van der Waals surface area contributed by atoms with Crippen LogP contribution in [-0.2, 0) is 6.18 Å². The lowest BCUT2D eigenvalue weighted by Crippen LogP contribution is -2.36. The number of hydrogen-bond acceptors (Lipinski definition) is 3. The normalized spacial score (nSPS) is 11.2. The van der Waals surface area contributed by atoms with Gasteiger partial charge in [0.05, 0.1) is 11.3 Å². The molecule has 154 valence electrons. The van der Waals surface area contributed by atoms with Gasteiger partial charge in [-0.3, -0.25) is 9.59 Å². The lowest BCUT2D eigenvalue weighted by molar-refractivity contribution is -0.137. The van der Waals surface area contributed by atoms with Crippen LogP contribution in [0.1, 0.15) is 21.7 Å². The van der Waals surface area contributed by atoms with E-state index in [0.717, 1.165) is 16.8 Å². The van der Waals surface area contributed by atoms with Crippen molar-refractivity contribution < 1.29 is 18.0 Å². The van der Waals surface area contributed by atoms with Gasteiger partial charge in [-0.15, -0.1) is 6.58 Å². The van der Waals surface area contributed by atoms with Gasteiger partial charge in [0.2, 0.25) is 5.43 Å². The van der Waals surface area contributed by atoms with E-state index in [4.69, 9.17) is 0 Å². The first-order valence-electron chi connectivity index (χ1n) is 8.99. The fourth-order valence-corrected chi connectivity index (χ4v) is 2.94. The third-order valence-electron chi connectivity index (χ3n) is 4.35. The summed E-state index contributed by atoms with van der Waals surface area (Å²) in [4.78, 5) is 26.9. The van der Waals surface area contributed by atoms with Crippen LogP contribution in [0.15, 0.2) is 78.1 Å². The largest absolute Gasteiger partial charge is 0.416 e. The molecule has 0 fully saturated rings. The number of aromatic nitrogens is 2. The van der Waals surface area contributed by atoms with Gasteiger partial charge >= 0.3 is 6.18 Å². The molecular weight excluding hydrogens is 395 g/mol. The van der Waals surface area contributed by atoms with Gasteiger partial charge in [0.15, 0.2) is 5.69 Å². The maximum Gasteiger partial charge on any atom is 0.416 e. The lowest BCUT2D eigenvalue weighted by atomic mass is 10.2. The lowest BCUT2D eigenvalue weighted by Gasteiger charge is -2.21. The highest BCUT2D eigenvalue weighted by Gasteiger charge is 2.31. The minimum Gasteiger partial charge on any atom is -0.303 e. The van der Waals surface area contributed by atoms with E-state index in [-0.39, 0.29) is 12.2 Å². The van der Waals surface area contributed by atoms with Crippen molar-refractivity contribution in [1.82, 2.24) is 9.78 Å². The SMILES string of the molecule is C=CCN(C(=O)c1nn(-c2cccc(C(F)(F)F)c2)c(C)cc1=O)c1ccccc1. The molecule has 0 unspecified atom stereocenters. The van der Waals surface area contributed by atoms with Crippen molar-refractivity contribution in [2.45, 2.75) is 13.1 Å². The van der Waals surface area contributed by atoms with Crippen LogP contribution in [0, 0.1) is 6.92 Å². The number of benzene rings is 2. The number of alkyl halides is 3. The second-order valence-corrected chi connectivity index (χ2v) is 6.50. The summed E-state index contributed by atoms with van der Waals surface area (Å²) >= 11 is 0. The maximum absolute atomic E-state index is 13.1. The predicted molar refractivity (Wildman–Crippen MR) is 108 cm³/mol. The third kappa shape index (κ3) is 4.32. The number of carbonyl (C=O) groups excluding carboxylic acids is 1. The Labute approximate surface area is 170 Å². The monoisotopic (exact) mass is 413 g/mol. The molecule has 1 heterocycles. The fraction of sp³-hybridized carbons (Fsp3) is 0.136. The molecule has 0 aliphatic heterocycles. The van der Waals surface area contributed by atoms with Crippen LogP contribution in [0.3, 0.4) is 0 Å². The van der Waals surface area contributed by atoms with Crippen molar-refractivity contribution in [3.63, 3.8) is 0 Å². The Bertz CT molecular complexity index is 1140. The zero-order valence-electron chi connectivity index (χ0n) is 16.1. The van der Waals surface area contributed by atoms with E-state index in [2.05, 4.69) is 11.7 Å². The van der Waals surface area contributed by atoms with E-state index in [1.54, 1.807) is 30.3 Å². The minimum absolute atomic E-state index is 0.0892. The molecule has 0 atom stereocenters. The zero-order chi connectivity index (χ0) is 21.9. The first-order valence-corrected chi connectivity index (χ1v) is 8.99. The highest BCUT2D eigenvalue weighted by atomic mass is 19.4. The topological polar surface area (TPSA) is 55.2 Å². The van der Waals surface area contributed by atoms with Crippen LogP contribution in [-0.4, -0.2) is 22.2 Å². The van der Waals surface area contributed by atoms with E-state index in [1.807, 2.05) is 0 Å². The van der Waals surface area contributed by atoms with Gasteiger partial charge in [-0.1, -0.05) is 30.3 Å². The van der Waals surface area contributed by atoms with Crippen molar-refractivity contribution in [2.24, 2.45) is 0 Å². The Morgan fingerprint density at radius 1 is 1.13 bits per heavy atom. The number of carbonyl (C=O) groups is 1. The molecule has 0 saturated carbocycles. The van der Waals surface area contributed by atoms with Gasteiger partial charge < -0.3 is 4.90 Å². The second kappa shape index (κ2) is 8.36. The Hall–Kier alpha value is -3.68. The van der Waals surface area contributed by atoms with Gasteiger partial charge in [0.25, 0.3) is 5.91 Å². The predicted octanol–water partition coefficient (Wildman–Crippen LogP) is 4.39. The number of rotatable bonds is 5. The Balaban J connectivity index is 2.10. The van der Waals surface area contributed by atoms with Gasteiger partial charge in [0, 0.05) is 24.0 Å². The number of nitrogens with zero attached hydrogens (tertiary/aromatic N) is 3. The Kier molecular flexibility index (Phi) is 5.86. The van der Waals surface area contributed by atoms with E-state index in [0.29, 0.717) is 11.4 Å². The second-order valence-electron chi connectivity index (χ2n) is 6.50. The number of anilines is 1. The van der Waals surface area contributed by atoms with Crippen LogP contribution in [0.2, 0.25) is 0 Å². The van der Waals surface area contributed by atoms with Gasteiger partial charge in [-0.25, -0.2) is 4.68 Å². The van der Waals surface area contributed by atoms with Crippen LogP contribution < -0.4 is 10.3 Å². The molecule has 0 aliphatic rings. The molecule has 3 aromatic rings. The summed E-state index contributed by atoms with van der Waals surface area (Å²) in [5.74, 6) is -0.674. The summed E-state index contributed by atoms with van der Waals surface area (Å²) in [5, 5.41) is 4.11. The molecule has 0 spiro atoms. The zero-order valence-corrected chi connectivity index (χ0v) is 16.1. The summed E-state index contributed by atoms with van der Waals surface area (Å²) in [7, 11) is 0. The molecule has 2 aromatic carbocycles. The van der Waals surface area contributed by atoms with E-state index < -0.39 is 28.8 Å². The standard InChI is InChI=1S/C22H18F3N3O2/c1-3-12-27(17-9-5-4-6-10-17)21(30)20-19(29)13-15(2)28(26-20)18-11-7-8-16(14-18)22(23,24)25/h3-11,13-14H,1,12H2,2H3. The molecule has 0 saturated heterocycles. The number of amides is 1. The first-order chi connectivity index (χ1) is 14.2. The molecule has 8 heteroatoms. The van der Waals surface area contributed by atoms with Gasteiger partial charge in [-0.2, -0.15) is 18.3 Å². The van der Waals surface area contributed by atoms with Crippen molar-refractivity contribution >= 4 is 11.6 Å². The molecule has 0 bridgehead atoms. The first kappa shape index (κ1) is 21.0. The molecule has 3 rings (SSSR count). The van der Waals surface area contributed by atoms with Crippen molar-refractivity contribution in [2.75, 3.05) is 11.4 Å². The van der Waals surface area contributed by atoms with Crippen LogP contribution >= 0.6 is 0 Å². The minimum atomic E-state index is -4.53. The summed E-state index contributed by atoms with van der Waals surface area (Å²) in [5.41, 5.74) is -0.952. The highest BCUT2D eigenvalue weighted by molar-refractivity contribution is 6.04. The third-order valence-corrected chi connectivity index (χ3v) is 4.35. The van der Waals surface area contributed by atoms with Crippen molar-refractivity contribution in [1.29, 1.82) is 0 Å². The summed E-state index contributed by atoms with van der Waals surface area (Å²) in [6, 6.07) is 14.3. The van der Waals surface area contributed by atoms with Crippen LogP contribution in [0.5, 0.6) is 0 Å². The molecule has 30 heavy (non-hydrogen) atoms. The Morgan fingerprint density at radius 2 is 1.83 bits per heavy atom. The number of halogens is 3. The summed E-state index contributed by atoms with van der Waals surface area (Å²) in [6.45, 7) is 5.29. The maximum atomic E-state index is 13.1. The molecule has 1 aromatic heterocycles. The van der Waals surface area contributed by atoms with E-state index >= 15 is 0 Å². The highest BCUT2D eigenvalue weighted by Crippen LogP contribution is 2.30. The fourth-order valence-electron chi connectivity index (χ4n) is 2.94. The van der Waals surface area contributed by atoms with Crippen LogP contribution in [0.25, 0.3) is 5.69 Å². The van der Waals surface area contributed by atoms with E-state index in [9.17, 15) is 22.8 Å². The molecule has 1 amide bonds. The number of hydrogen-bond donors (Lipinski definition) is 0.